The van der Waals surface area contributed by atoms with E-state index in [9.17, 15) is 27.6 Å². The number of fused-ring (bicyclic) bond motifs is 2. The molecule has 0 spiro atoms. The first-order valence-corrected chi connectivity index (χ1v) is 20.6. The minimum atomic E-state index is -3.91. The fraction of sp³-hybridized carbons (Fsp3) is 0.605. The summed E-state index contributed by atoms with van der Waals surface area (Å²) in [5.41, 5.74) is -1.67. The number of nitrogens with one attached hydrogen (secondary N) is 3. The molecule has 0 radical (unpaired) electrons. The molecular weight excluding hydrogens is 729 g/mol. The van der Waals surface area contributed by atoms with E-state index in [-0.39, 0.29) is 12.8 Å². The first-order chi connectivity index (χ1) is 26.2. The number of sulfonamides is 1. The number of hydrogen-bond acceptors (Lipinski definition) is 11. The Balaban J connectivity index is 1.38. The topological polar surface area (TPSA) is 204 Å². The number of carbonyl (C=O) groups is 4. The van der Waals surface area contributed by atoms with Gasteiger partial charge in [0, 0.05) is 17.9 Å². The highest BCUT2D eigenvalue weighted by molar-refractivity contribution is 7.91. The molecule has 4 unspecified atom stereocenters. The fourth-order valence-electron chi connectivity index (χ4n) is 7.46. The van der Waals surface area contributed by atoms with Crippen LogP contribution in [0.15, 0.2) is 49.1 Å². The second-order valence-electron chi connectivity index (χ2n) is 15.9. The summed E-state index contributed by atoms with van der Waals surface area (Å²) in [6.07, 6.45) is 9.91. The first-order valence-electron chi connectivity index (χ1n) is 19.1. The van der Waals surface area contributed by atoms with Crippen molar-refractivity contribution in [1.29, 1.82) is 0 Å². The van der Waals surface area contributed by atoms with Crippen molar-refractivity contribution in [2.75, 3.05) is 7.11 Å². The van der Waals surface area contributed by atoms with Crippen LogP contribution in [-0.4, -0.2) is 99.0 Å². The van der Waals surface area contributed by atoms with E-state index in [1.807, 2.05) is 12.2 Å². The van der Waals surface area contributed by atoms with Crippen molar-refractivity contribution >= 4 is 33.8 Å². The number of aromatic nitrogens is 4. The van der Waals surface area contributed by atoms with Gasteiger partial charge in [0.15, 0.2) is 0 Å². The predicted octanol–water partition coefficient (Wildman–Crippen LogP) is 3.72. The van der Waals surface area contributed by atoms with E-state index in [0.717, 1.165) is 12.8 Å². The van der Waals surface area contributed by atoms with E-state index in [4.69, 9.17) is 14.6 Å². The maximum atomic E-state index is 14.9. The lowest BCUT2D eigenvalue weighted by molar-refractivity contribution is -0.143. The summed E-state index contributed by atoms with van der Waals surface area (Å²) in [7, 11) is -2.34. The van der Waals surface area contributed by atoms with Crippen molar-refractivity contribution in [3.8, 4) is 17.1 Å². The number of rotatable bonds is 10. The van der Waals surface area contributed by atoms with E-state index >= 15 is 0 Å². The molecule has 2 aliphatic carbocycles. The van der Waals surface area contributed by atoms with Gasteiger partial charge >= 0.3 is 6.09 Å². The zero-order chi connectivity index (χ0) is 39.5. The Hall–Kier alpha value is -4.80. The van der Waals surface area contributed by atoms with Gasteiger partial charge in [-0.15, -0.1) is 16.8 Å². The highest BCUT2D eigenvalue weighted by Crippen LogP contribution is 2.47. The Bertz CT molecular complexity index is 1900. The second kappa shape index (κ2) is 16.1. The van der Waals surface area contributed by atoms with Crippen LogP contribution in [0.5, 0.6) is 5.75 Å². The van der Waals surface area contributed by atoms with Gasteiger partial charge in [-0.1, -0.05) is 31.1 Å². The Morgan fingerprint density at radius 3 is 2.53 bits per heavy atom. The average Bonchev–Trinajstić information content (AvgIpc) is 4.02. The number of benzene rings is 1. The third-order valence-corrected chi connectivity index (χ3v) is 12.4. The Morgan fingerprint density at radius 2 is 1.85 bits per heavy atom. The molecule has 17 heteroatoms. The van der Waals surface area contributed by atoms with Crippen molar-refractivity contribution in [2.45, 2.75) is 132 Å². The van der Waals surface area contributed by atoms with Crippen LogP contribution in [0.2, 0.25) is 0 Å². The number of tetrazole rings is 1. The van der Waals surface area contributed by atoms with Crippen LogP contribution in [0, 0.1) is 5.92 Å². The normalized spacial score (nSPS) is 28.0. The van der Waals surface area contributed by atoms with Gasteiger partial charge < -0.3 is 25.0 Å². The quantitative estimate of drug-likeness (QED) is 0.297. The number of amides is 4. The molecule has 6 rings (SSSR count). The van der Waals surface area contributed by atoms with E-state index in [1.165, 1.54) is 9.70 Å². The smallest absolute Gasteiger partial charge is 0.408 e. The summed E-state index contributed by atoms with van der Waals surface area (Å²) < 4.78 is 38.9. The van der Waals surface area contributed by atoms with E-state index in [2.05, 4.69) is 32.2 Å². The standard InChI is InChI=1S/C38H52N8O8S/c1-6-7-15-29-30(46-42-32(41-44-46)24-16-18-26(53-5)19-17-24)22-31-33(47)40-38(35(49)43-55(51,52)27-20-21-27)23-25(38)13-11-9-8-10-12-14-28(34(48)45(29)31)39-36(50)54-37(2,3)4/h6,11,13,16-19,25,27-31H,1,7-10,12,14-15,20-23H2,2-5H3,(H,39,50)(H,40,47)(H,43,49)/b13-11-/t25?,28?,29-,30+,31?,38?/m0/s1. The molecule has 16 nitrogen and oxygen atoms in total. The van der Waals surface area contributed by atoms with Gasteiger partial charge in [-0.05, 0) is 102 Å². The molecule has 0 bridgehead atoms. The van der Waals surface area contributed by atoms with Crippen molar-refractivity contribution in [3.63, 3.8) is 0 Å². The SMILES string of the molecule is C=CCC[C@H]1[C@H](n2nnc(-c3ccc(OC)cc3)n2)CC2C(=O)NC3(C(=O)NS(=O)(=O)C4CC4)CC3/C=C\CCCCCC(NC(=O)OC(C)(C)C)C(=O)N21. The van der Waals surface area contributed by atoms with Crippen LogP contribution >= 0.6 is 0 Å². The van der Waals surface area contributed by atoms with Crippen molar-refractivity contribution in [1.82, 2.24) is 40.5 Å². The molecule has 298 valence electrons. The molecule has 3 fully saturated rings. The Kier molecular flexibility index (Phi) is 11.7. The molecule has 1 aromatic carbocycles. The maximum absolute atomic E-state index is 14.9. The third-order valence-electron chi connectivity index (χ3n) is 10.6. The van der Waals surface area contributed by atoms with Gasteiger partial charge in [0.25, 0.3) is 5.91 Å². The average molecular weight is 781 g/mol. The molecule has 55 heavy (non-hydrogen) atoms. The van der Waals surface area contributed by atoms with Crippen molar-refractivity contribution in [3.05, 3.63) is 49.1 Å². The summed E-state index contributed by atoms with van der Waals surface area (Å²) in [5, 5.41) is 18.4. The van der Waals surface area contributed by atoms with E-state index in [1.54, 1.807) is 58.2 Å². The van der Waals surface area contributed by atoms with Gasteiger partial charge in [-0.25, -0.2) is 13.2 Å². The molecule has 4 amide bonds. The molecule has 6 atom stereocenters. The molecule has 2 saturated carbocycles. The number of allylic oxidation sites excluding steroid dienone is 2. The molecule has 3 N–H and O–H groups in total. The Labute approximate surface area is 321 Å². The summed E-state index contributed by atoms with van der Waals surface area (Å²) >= 11 is 0. The fourth-order valence-corrected chi connectivity index (χ4v) is 8.82. The lowest BCUT2D eigenvalue weighted by Gasteiger charge is -2.34. The summed E-state index contributed by atoms with van der Waals surface area (Å²) in [4.78, 5) is 59.5. The largest absolute Gasteiger partial charge is 0.497 e. The molecule has 3 heterocycles. The zero-order valence-electron chi connectivity index (χ0n) is 31.9. The number of carbonyl (C=O) groups excluding carboxylic acids is 4. The Morgan fingerprint density at radius 1 is 1.11 bits per heavy atom. The lowest BCUT2D eigenvalue weighted by Crippen LogP contribution is -2.59. The second-order valence-corrected chi connectivity index (χ2v) is 17.8. The van der Waals surface area contributed by atoms with Crippen LogP contribution in [0.1, 0.15) is 97.4 Å². The minimum Gasteiger partial charge on any atom is -0.497 e. The number of nitrogens with zero attached hydrogens (tertiary/aromatic N) is 5. The number of ether oxygens (including phenoxy) is 2. The predicted molar refractivity (Wildman–Crippen MR) is 202 cm³/mol. The summed E-state index contributed by atoms with van der Waals surface area (Å²) in [6, 6.07) is 3.66. The van der Waals surface area contributed by atoms with Crippen molar-refractivity contribution in [2.24, 2.45) is 5.92 Å². The van der Waals surface area contributed by atoms with Gasteiger partial charge in [0.2, 0.25) is 27.7 Å². The highest BCUT2D eigenvalue weighted by atomic mass is 32.2. The molecular formula is C38H52N8O8S. The van der Waals surface area contributed by atoms with Crippen LogP contribution in [-0.2, 0) is 29.1 Å². The number of hydrogen-bond donors (Lipinski definition) is 3. The molecule has 1 saturated heterocycles. The van der Waals surface area contributed by atoms with Crippen LogP contribution in [0.25, 0.3) is 11.4 Å². The first kappa shape index (κ1) is 39.9. The maximum Gasteiger partial charge on any atom is 0.408 e. The molecule has 2 aliphatic heterocycles. The van der Waals surface area contributed by atoms with E-state index < -0.39 is 80.3 Å². The van der Waals surface area contributed by atoms with E-state index in [0.29, 0.717) is 62.1 Å². The molecule has 1 aromatic heterocycles. The van der Waals surface area contributed by atoms with Crippen LogP contribution in [0.4, 0.5) is 4.79 Å². The van der Waals surface area contributed by atoms with Crippen LogP contribution < -0.4 is 20.1 Å². The van der Waals surface area contributed by atoms with Crippen LogP contribution in [0.3, 0.4) is 0 Å². The minimum absolute atomic E-state index is 0.0511. The van der Waals surface area contributed by atoms with Gasteiger partial charge in [0.05, 0.1) is 24.4 Å². The zero-order valence-corrected chi connectivity index (χ0v) is 32.7. The number of alkyl carbamates (subject to hydrolysis) is 1. The molecule has 2 aromatic rings. The van der Waals surface area contributed by atoms with Gasteiger partial charge in [0.1, 0.15) is 29.0 Å². The monoisotopic (exact) mass is 780 g/mol. The summed E-state index contributed by atoms with van der Waals surface area (Å²) in [5.74, 6) is -1.38. The highest BCUT2D eigenvalue weighted by Gasteiger charge is 2.62. The molecule has 4 aliphatic rings. The van der Waals surface area contributed by atoms with Crippen molar-refractivity contribution < 1.29 is 37.1 Å². The number of methoxy groups -OCH3 is 1. The third kappa shape index (κ3) is 9.19. The van der Waals surface area contributed by atoms with Gasteiger partial charge in [-0.2, -0.15) is 4.80 Å². The van der Waals surface area contributed by atoms with Gasteiger partial charge in [-0.3, -0.25) is 19.1 Å². The summed E-state index contributed by atoms with van der Waals surface area (Å²) in [6.45, 7) is 9.08. The lowest BCUT2D eigenvalue weighted by atomic mass is 10.0.